The van der Waals surface area contributed by atoms with Crippen molar-refractivity contribution in [1.29, 1.82) is 0 Å². The van der Waals surface area contributed by atoms with E-state index in [9.17, 15) is 0 Å². The first kappa shape index (κ1) is 14.3. The zero-order valence-electron chi connectivity index (χ0n) is 10.8. The number of hydrogen-bond donors (Lipinski definition) is 2. The molecule has 0 aliphatic rings. The van der Waals surface area contributed by atoms with Crippen LogP contribution < -0.4 is 10.5 Å². The van der Waals surface area contributed by atoms with Crippen molar-refractivity contribution in [2.75, 3.05) is 13.7 Å². The monoisotopic (exact) mass is 252 g/mol. The van der Waals surface area contributed by atoms with Gasteiger partial charge in [0.05, 0.1) is 13.7 Å². The Morgan fingerprint density at radius 1 is 1.44 bits per heavy atom. The maximum absolute atomic E-state index is 8.65. The minimum Gasteiger partial charge on any atom is -0.496 e. The summed E-state index contributed by atoms with van der Waals surface area (Å²) in [6.45, 7) is 3.28. The largest absolute Gasteiger partial charge is 0.496 e. The number of oxime groups is 1. The molecule has 0 spiro atoms. The first-order valence-corrected chi connectivity index (χ1v) is 5.95. The first-order valence-electron chi connectivity index (χ1n) is 5.95. The Morgan fingerprint density at radius 3 is 2.83 bits per heavy atom. The molecule has 0 aliphatic heterocycles. The number of rotatable bonds is 7. The van der Waals surface area contributed by atoms with Gasteiger partial charge in [0.25, 0.3) is 0 Å². The number of ether oxygens (including phenoxy) is 2. The van der Waals surface area contributed by atoms with Crippen LogP contribution in [0.15, 0.2) is 23.4 Å². The number of benzene rings is 1. The summed E-state index contributed by atoms with van der Waals surface area (Å²) in [5, 5.41) is 11.6. The minimum atomic E-state index is 0.0764. The Morgan fingerprint density at radius 2 is 2.22 bits per heavy atom. The fraction of sp³-hybridized carbons (Fsp3) is 0.462. The van der Waals surface area contributed by atoms with E-state index >= 15 is 0 Å². The van der Waals surface area contributed by atoms with Crippen molar-refractivity contribution in [3.63, 3.8) is 0 Å². The van der Waals surface area contributed by atoms with Crippen LogP contribution in [0, 0.1) is 0 Å². The van der Waals surface area contributed by atoms with Crippen LogP contribution in [0.4, 0.5) is 0 Å². The lowest BCUT2D eigenvalue weighted by molar-refractivity contribution is 0.116. The van der Waals surface area contributed by atoms with Gasteiger partial charge in [0.15, 0.2) is 5.84 Å². The highest BCUT2D eigenvalue weighted by molar-refractivity contribution is 5.97. The van der Waals surface area contributed by atoms with Gasteiger partial charge >= 0.3 is 0 Å². The topological polar surface area (TPSA) is 77.1 Å². The van der Waals surface area contributed by atoms with Gasteiger partial charge < -0.3 is 20.4 Å². The molecule has 1 aromatic carbocycles. The van der Waals surface area contributed by atoms with E-state index in [2.05, 4.69) is 12.1 Å². The Hall–Kier alpha value is -1.75. The van der Waals surface area contributed by atoms with Gasteiger partial charge in [0, 0.05) is 17.7 Å². The molecule has 0 heterocycles. The summed E-state index contributed by atoms with van der Waals surface area (Å²) >= 11 is 0. The van der Waals surface area contributed by atoms with E-state index in [0.717, 1.165) is 24.2 Å². The van der Waals surface area contributed by atoms with Crippen LogP contribution in [0.5, 0.6) is 5.75 Å². The highest BCUT2D eigenvalue weighted by Gasteiger charge is 2.07. The number of nitrogens with zero attached hydrogens (tertiary/aromatic N) is 1. The van der Waals surface area contributed by atoms with Crippen LogP contribution in [0.2, 0.25) is 0 Å². The van der Waals surface area contributed by atoms with E-state index in [-0.39, 0.29) is 5.84 Å². The number of amidine groups is 1. The third kappa shape index (κ3) is 3.92. The van der Waals surface area contributed by atoms with Crippen LogP contribution >= 0.6 is 0 Å². The predicted octanol–water partition coefficient (Wildman–Crippen LogP) is 2.11. The third-order valence-electron chi connectivity index (χ3n) is 2.58. The summed E-state index contributed by atoms with van der Waals surface area (Å²) in [6, 6.07) is 5.33. The predicted molar refractivity (Wildman–Crippen MR) is 70.1 cm³/mol. The fourth-order valence-corrected chi connectivity index (χ4v) is 1.54. The Labute approximate surface area is 107 Å². The Kier molecular flexibility index (Phi) is 6.00. The van der Waals surface area contributed by atoms with E-state index in [1.54, 1.807) is 25.3 Å². The highest BCUT2D eigenvalue weighted by Crippen LogP contribution is 2.20. The molecule has 0 aliphatic carbocycles. The second kappa shape index (κ2) is 7.55. The van der Waals surface area contributed by atoms with Crippen LogP contribution in [-0.2, 0) is 11.3 Å². The van der Waals surface area contributed by atoms with Crippen LogP contribution in [0.1, 0.15) is 30.9 Å². The van der Waals surface area contributed by atoms with Crippen molar-refractivity contribution in [3.8, 4) is 5.75 Å². The quantitative estimate of drug-likeness (QED) is 0.256. The molecule has 5 heteroatoms. The normalized spacial score (nSPS) is 11.6. The van der Waals surface area contributed by atoms with Crippen LogP contribution in [0.25, 0.3) is 0 Å². The van der Waals surface area contributed by atoms with Gasteiger partial charge in [-0.2, -0.15) is 0 Å². The lowest BCUT2D eigenvalue weighted by atomic mass is 10.1. The molecule has 100 valence electrons. The van der Waals surface area contributed by atoms with Gasteiger partial charge in [0.1, 0.15) is 5.75 Å². The van der Waals surface area contributed by atoms with Crippen molar-refractivity contribution in [2.45, 2.75) is 26.4 Å². The Bertz CT molecular complexity index is 405. The van der Waals surface area contributed by atoms with E-state index in [4.69, 9.17) is 20.4 Å². The minimum absolute atomic E-state index is 0.0764. The van der Waals surface area contributed by atoms with E-state index in [0.29, 0.717) is 18.8 Å². The maximum atomic E-state index is 8.65. The molecule has 1 aromatic rings. The standard InChI is InChI=1S/C13H20N2O3/c1-3-4-7-18-9-11-8-10(13(14)15-16)5-6-12(11)17-2/h5-6,8,16H,3-4,7,9H2,1-2H3,(H2,14,15). The lowest BCUT2D eigenvalue weighted by Crippen LogP contribution is -2.13. The number of methoxy groups -OCH3 is 1. The summed E-state index contributed by atoms with van der Waals surface area (Å²) in [5.41, 5.74) is 7.08. The molecule has 0 unspecified atom stereocenters. The molecule has 0 amide bonds. The van der Waals surface area contributed by atoms with Crippen molar-refractivity contribution >= 4 is 5.84 Å². The molecular weight excluding hydrogens is 232 g/mol. The summed E-state index contributed by atoms with van der Waals surface area (Å²) in [7, 11) is 1.61. The average Bonchev–Trinajstić information content (AvgIpc) is 2.42. The fourth-order valence-electron chi connectivity index (χ4n) is 1.54. The molecule has 0 saturated heterocycles. The lowest BCUT2D eigenvalue weighted by Gasteiger charge is -2.10. The van der Waals surface area contributed by atoms with Crippen molar-refractivity contribution < 1.29 is 14.7 Å². The van der Waals surface area contributed by atoms with Crippen molar-refractivity contribution in [2.24, 2.45) is 10.9 Å². The molecule has 0 aromatic heterocycles. The Balaban J connectivity index is 2.79. The smallest absolute Gasteiger partial charge is 0.170 e. The number of hydrogen-bond acceptors (Lipinski definition) is 4. The molecule has 0 saturated carbocycles. The van der Waals surface area contributed by atoms with Gasteiger partial charge in [-0.1, -0.05) is 18.5 Å². The molecule has 0 fully saturated rings. The van der Waals surface area contributed by atoms with E-state index < -0.39 is 0 Å². The second-order valence-electron chi connectivity index (χ2n) is 3.92. The van der Waals surface area contributed by atoms with E-state index in [1.165, 1.54) is 0 Å². The van der Waals surface area contributed by atoms with Gasteiger partial charge in [-0.25, -0.2) is 0 Å². The molecule has 1 rings (SSSR count). The molecule has 0 atom stereocenters. The molecule has 5 nitrogen and oxygen atoms in total. The molecule has 18 heavy (non-hydrogen) atoms. The summed E-state index contributed by atoms with van der Waals surface area (Å²) < 4.78 is 10.8. The zero-order valence-corrected chi connectivity index (χ0v) is 10.8. The van der Waals surface area contributed by atoms with Crippen LogP contribution in [-0.4, -0.2) is 24.8 Å². The first-order chi connectivity index (χ1) is 8.72. The van der Waals surface area contributed by atoms with Crippen molar-refractivity contribution in [3.05, 3.63) is 29.3 Å². The number of nitrogens with two attached hydrogens (primary N) is 1. The van der Waals surface area contributed by atoms with Gasteiger partial charge in [-0.3, -0.25) is 0 Å². The molecule has 0 radical (unpaired) electrons. The molecule has 0 bridgehead atoms. The van der Waals surface area contributed by atoms with Gasteiger partial charge in [-0.15, -0.1) is 0 Å². The van der Waals surface area contributed by atoms with Gasteiger partial charge in [-0.05, 0) is 24.6 Å². The maximum Gasteiger partial charge on any atom is 0.170 e. The summed E-state index contributed by atoms with van der Waals surface area (Å²) in [4.78, 5) is 0. The molecular formula is C13H20N2O3. The third-order valence-corrected chi connectivity index (χ3v) is 2.58. The summed E-state index contributed by atoms with van der Waals surface area (Å²) in [5.74, 6) is 0.813. The average molecular weight is 252 g/mol. The van der Waals surface area contributed by atoms with Crippen LogP contribution in [0.3, 0.4) is 0 Å². The molecule has 3 N–H and O–H groups in total. The second-order valence-corrected chi connectivity index (χ2v) is 3.92. The highest BCUT2D eigenvalue weighted by atomic mass is 16.5. The zero-order chi connectivity index (χ0) is 13.4. The number of unbranched alkanes of at least 4 members (excludes halogenated alkanes) is 1. The van der Waals surface area contributed by atoms with Crippen molar-refractivity contribution in [1.82, 2.24) is 0 Å². The van der Waals surface area contributed by atoms with E-state index in [1.807, 2.05) is 0 Å². The summed E-state index contributed by atoms with van der Waals surface area (Å²) in [6.07, 6.45) is 2.13. The SMILES string of the molecule is CCCCOCc1cc(/C(N)=N/O)ccc1OC. The van der Waals surface area contributed by atoms with Gasteiger partial charge in [0.2, 0.25) is 0 Å².